The molecular formula is C15H22ClN3O2S. The van der Waals surface area contributed by atoms with Crippen LogP contribution in [0.15, 0.2) is 17.2 Å². The number of ether oxygens (including phenoxy) is 2. The van der Waals surface area contributed by atoms with Gasteiger partial charge in [0.15, 0.2) is 16.6 Å². The summed E-state index contributed by atoms with van der Waals surface area (Å²) in [4.78, 5) is 0. The summed E-state index contributed by atoms with van der Waals surface area (Å²) in [5, 5.41) is 8.13. The van der Waals surface area contributed by atoms with E-state index in [9.17, 15) is 0 Å². The summed E-state index contributed by atoms with van der Waals surface area (Å²) in [6, 6.07) is 3.53. The Bertz CT molecular complexity index is 524. The molecule has 0 aliphatic carbocycles. The topological polar surface area (TPSA) is 54.9 Å². The fourth-order valence-corrected chi connectivity index (χ4v) is 2.25. The Hall–Kier alpha value is -1.53. The monoisotopic (exact) mass is 343 g/mol. The van der Waals surface area contributed by atoms with Gasteiger partial charge in [0.2, 0.25) is 0 Å². The van der Waals surface area contributed by atoms with E-state index < -0.39 is 0 Å². The van der Waals surface area contributed by atoms with Crippen LogP contribution >= 0.6 is 23.8 Å². The molecule has 0 saturated heterocycles. The molecule has 1 aromatic carbocycles. The number of unbranched alkanes of at least 4 members (excludes halogenated alkanes) is 2. The first-order valence-electron chi connectivity index (χ1n) is 7.10. The largest absolute Gasteiger partial charge is 0.493 e. The molecule has 5 nitrogen and oxygen atoms in total. The van der Waals surface area contributed by atoms with Crippen molar-refractivity contribution in [1.82, 2.24) is 10.7 Å². The Morgan fingerprint density at radius 2 is 2.09 bits per heavy atom. The molecule has 0 heterocycles. The number of halogens is 1. The van der Waals surface area contributed by atoms with Crippen LogP contribution in [-0.4, -0.2) is 32.1 Å². The van der Waals surface area contributed by atoms with Crippen molar-refractivity contribution in [3.05, 3.63) is 22.7 Å². The smallest absolute Gasteiger partial charge is 0.186 e. The Morgan fingerprint density at radius 3 is 2.73 bits per heavy atom. The van der Waals surface area contributed by atoms with Crippen molar-refractivity contribution in [2.75, 3.05) is 20.8 Å². The van der Waals surface area contributed by atoms with E-state index in [1.165, 1.54) is 12.8 Å². The maximum absolute atomic E-state index is 6.13. The van der Waals surface area contributed by atoms with Crippen molar-refractivity contribution >= 4 is 35.1 Å². The third-order valence-electron chi connectivity index (χ3n) is 2.90. The summed E-state index contributed by atoms with van der Waals surface area (Å²) in [7, 11) is 3.10. The molecule has 22 heavy (non-hydrogen) atoms. The van der Waals surface area contributed by atoms with Crippen LogP contribution in [0.5, 0.6) is 11.5 Å². The highest BCUT2D eigenvalue weighted by molar-refractivity contribution is 7.80. The van der Waals surface area contributed by atoms with E-state index in [-0.39, 0.29) is 0 Å². The zero-order valence-corrected chi connectivity index (χ0v) is 14.7. The third kappa shape index (κ3) is 6.07. The number of thiocarbonyl (C=S) groups is 1. The molecule has 0 aromatic heterocycles. The van der Waals surface area contributed by atoms with Crippen LogP contribution in [0.2, 0.25) is 5.02 Å². The van der Waals surface area contributed by atoms with Gasteiger partial charge in [0, 0.05) is 6.54 Å². The zero-order valence-electron chi connectivity index (χ0n) is 13.1. The molecule has 0 spiro atoms. The molecule has 0 aliphatic rings. The van der Waals surface area contributed by atoms with E-state index in [1.54, 1.807) is 32.6 Å². The minimum Gasteiger partial charge on any atom is -0.493 e. The molecule has 0 radical (unpaired) electrons. The predicted octanol–water partition coefficient (Wildman–Crippen LogP) is 3.35. The minimum absolute atomic E-state index is 0.462. The maximum Gasteiger partial charge on any atom is 0.186 e. The first-order valence-corrected chi connectivity index (χ1v) is 7.89. The quantitative estimate of drug-likeness (QED) is 0.328. The number of benzene rings is 1. The minimum atomic E-state index is 0.462. The van der Waals surface area contributed by atoms with Crippen LogP contribution in [-0.2, 0) is 0 Å². The average molecular weight is 344 g/mol. The van der Waals surface area contributed by atoms with E-state index in [0.29, 0.717) is 21.6 Å². The van der Waals surface area contributed by atoms with Gasteiger partial charge < -0.3 is 14.8 Å². The second-order valence-corrected chi connectivity index (χ2v) is 5.39. The lowest BCUT2D eigenvalue weighted by Gasteiger charge is -2.10. The van der Waals surface area contributed by atoms with Gasteiger partial charge in [-0.2, -0.15) is 5.10 Å². The molecule has 0 amide bonds. The van der Waals surface area contributed by atoms with Crippen molar-refractivity contribution in [1.29, 1.82) is 0 Å². The fraction of sp³-hybridized carbons (Fsp3) is 0.467. The second-order valence-electron chi connectivity index (χ2n) is 4.57. The van der Waals surface area contributed by atoms with Crippen LogP contribution in [0.3, 0.4) is 0 Å². The second kappa shape index (κ2) is 10.2. The van der Waals surface area contributed by atoms with E-state index in [0.717, 1.165) is 18.5 Å². The van der Waals surface area contributed by atoms with Crippen LogP contribution in [0.25, 0.3) is 0 Å². The van der Waals surface area contributed by atoms with Gasteiger partial charge in [-0.25, -0.2) is 0 Å². The van der Waals surface area contributed by atoms with Gasteiger partial charge in [-0.15, -0.1) is 0 Å². The first kappa shape index (κ1) is 18.5. The van der Waals surface area contributed by atoms with Gasteiger partial charge in [0.25, 0.3) is 0 Å². The molecule has 1 rings (SSSR count). The summed E-state index contributed by atoms with van der Waals surface area (Å²) in [6.07, 6.45) is 5.07. The summed E-state index contributed by atoms with van der Waals surface area (Å²) < 4.78 is 10.4. The molecule has 0 bridgehead atoms. The standard InChI is InChI=1S/C15H22ClN3O2S/c1-4-5-6-7-17-15(22)19-18-10-11-8-12(16)14(21-3)13(9-11)20-2/h8-10H,4-7H2,1-3H3,(H2,17,19,22)/b18-10-. The Balaban J connectivity index is 2.56. The predicted molar refractivity (Wildman–Crippen MR) is 95.4 cm³/mol. The van der Waals surface area contributed by atoms with Crippen molar-refractivity contribution in [3.8, 4) is 11.5 Å². The number of hydrogen-bond acceptors (Lipinski definition) is 4. The van der Waals surface area contributed by atoms with Crippen LogP contribution in [0.1, 0.15) is 31.7 Å². The van der Waals surface area contributed by atoms with Gasteiger partial charge in [0.05, 0.1) is 25.5 Å². The number of nitrogens with one attached hydrogen (secondary N) is 2. The molecule has 2 N–H and O–H groups in total. The maximum atomic E-state index is 6.13. The van der Waals surface area contributed by atoms with Crippen molar-refractivity contribution in [3.63, 3.8) is 0 Å². The highest BCUT2D eigenvalue weighted by atomic mass is 35.5. The lowest BCUT2D eigenvalue weighted by molar-refractivity contribution is 0.355. The van der Waals surface area contributed by atoms with Crippen molar-refractivity contribution < 1.29 is 9.47 Å². The molecule has 0 atom stereocenters. The summed E-state index contributed by atoms with van der Waals surface area (Å²) in [5.74, 6) is 1.05. The van der Waals surface area contributed by atoms with Crippen molar-refractivity contribution in [2.24, 2.45) is 5.10 Å². The van der Waals surface area contributed by atoms with Gasteiger partial charge in [-0.05, 0) is 36.3 Å². The summed E-state index contributed by atoms with van der Waals surface area (Å²) in [6.45, 7) is 3.01. The molecule has 1 aromatic rings. The zero-order chi connectivity index (χ0) is 16.4. The molecular weight excluding hydrogens is 322 g/mol. The van der Waals surface area contributed by atoms with Crippen LogP contribution in [0.4, 0.5) is 0 Å². The first-order chi connectivity index (χ1) is 10.6. The third-order valence-corrected chi connectivity index (χ3v) is 3.42. The number of methoxy groups -OCH3 is 2. The normalized spacial score (nSPS) is 10.5. The molecule has 0 fully saturated rings. The van der Waals surface area contributed by atoms with Crippen LogP contribution in [0, 0.1) is 0 Å². The fourth-order valence-electron chi connectivity index (χ4n) is 1.79. The molecule has 122 valence electrons. The lowest BCUT2D eigenvalue weighted by Crippen LogP contribution is -2.32. The lowest BCUT2D eigenvalue weighted by atomic mass is 10.2. The molecule has 0 unspecified atom stereocenters. The molecule has 0 aliphatic heterocycles. The van der Waals surface area contributed by atoms with E-state index in [4.69, 9.17) is 33.3 Å². The summed E-state index contributed by atoms with van der Waals surface area (Å²) in [5.41, 5.74) is 3.55. The van der Waals surface area contributed by atoms with Crippen molar-refractivity contribution in [2.45, 2.75) is 26.2 Å². The van der Waals surface area contributed by atoms with E-state index in [2.05, 4.69) is 22.8 Å². The van der Waals surface area contributed by atoms with Crippen LogP contribution < -0.4 is 20.2 Å². The van der Waals surface area contributed by atoms with Gasteiger partial charge in [-0.3, -0.25) is 5.43 Å². The average Bonchev–Trinajstić information content (AvgIpc) is 2.51. The van der Waals surface area contributed by atoms with E-state index in [1.807, 2.05) is 0 Å². The molecule has 0 saturated carbocycles. The summed E-state index contributed by atoms with van der Waals surface area (Å²) >= 11 is 11.3. The Labute approximate surface area is 142 Å². The highest BCUT2D eigenvalue weighted by Crippen LogP contribution is 2.35. The highest BCUT2D eigenvalue weighted by Gasteiger charge is 2.09. The van der Waals surface area contributed by atoms with Gasteiger partial charge >= 0.3 is 0 Å². The number of rotatable bonds is 8. The SMILES string of the molecule is CCCCCNC(=S)N/N=C\c1cc(Cl)c(OC)c(OC)c1. The number of hydrogen-bond donors (Lipinski definition) is 2. The van der Waals surface area contributed by atoms with E-state index >= 15 is 0 Å². The molecule has 7 heteroatoms. The Kier molecular flexibility index (Phi) is 8.62. The Morgan fingerprint density at radius 1 is 1.32 bits per heavy atom. The van der Waals surface area contributed by atoms with Gasteiger partial charge in [0.1, 0.15) is 0 Å². The number of hydrazone groups is 1. The van der Waals surface area contributed by atoms with Gasteiger partial charge in [-0.1, -0.05) is 31.4 Å². The number of nitrogens with zero attached hydrogens (tertiary/aromatic N) is 1.